The number of aryl methyl sites for hydroxylation is 1. The summed E-state index contributed by atoms with van der Waals surface area (Å²) in [6.07, 6.45) is 0.385. The number of hydrogen-bond donors (Lipinski definition) is 0. The van der Waals surface area contributed by atoms with Crippen molar-refractivity contribution < 1.29 is 14.3 Å². The summed E-state index contributed by atoms with van der Waals surface area (Å²) >= 11 is 7.46. The van der Waals surface area contributed by atoms with Crippen LogP contribution in [0.4, 0.5) is 5.69 Å². The zero-order valence-electron chi connectivity index (χ0n) is 16.0. The summed E-state index contributed by atoms with van der Waals surface area (Å²) in [6, 6.07) is 16.6. The van der Waals surface area contributed by atoms with Crippen LogP contribution in [0.1, 0.15) is 18.1 Å². The van der Waals surface area contributed by atoms with E-state index in [4.69, 9.17) is 16.3 Å². The number of nitriles is 1. The molecule has 0 aromatic heterocycles. The summed E-state index contributed by atoms with van der Waals surface area (Å²) in [5.74, 6) is -0.938. The van der Waals surface area contributed by atoms with E-state index in [2.05, 4.69) is 0 Å². The Labute approximate surface area is 178 Å². The van der Waals surface area contributed by atoms with Gasteiger partial charge in [0, 0.05) is 10.7 Å². The lowest BCUT2D eigenvalue weighted by Crippen LogP contribution is -2.30. The van der Waals surface area contributed by atoms with Gasteiger partial charge in [-0.2, -0.15) is 5.26 Å². The van der Waals surface area contributed by atoms with Gasteiger partial charge in [0.25, 0.3) is 0 Å². The molecular formula is C22H19ClN2O3S. The Kier molecular flexibility index (Phi) is 6.63. The zero-order chi connectivity index (χ0) is 21.0. The van der Waals surface area contributed by atoms with E-state index >= 15 is 0 Å². The lowest BCUT2D eigenvalue weighted by molar-refractivity contribution is -0.138. The molecule has 0 N–H and O–H groups in total. The van der Waals surface area contributed by atoms with Crippen LogP contribution in [0.3, 0.4) is 0 Å². The first kappa shape index (κ1) is 21.0. The second-order valence-electron chi connectivity index (χ2n) is 6.42. The molecular weight excluding hydrogens is 408 g/mol. The van der Waals surface area contributed by atoms with Crippen molar-refractivity contribution in [1.82, 2.24) is 0 Å². The molecule has 1 heterocycles. The SMILES string of the molecule is CCOC(=O)/C(C#N)=C1\SC(Cc2ccccc2Cl)C(=O)N1c1ccc(C)cc1. The summed E-state index contributed by atoms with van der Waals surface area (Å²) in [6.45, 7) is 3.76. The molecule has 0 saturated carbocycles. The fraction of sp³-hybridized carbons (Fsp3) is 0.227. The van der Waals surface area contributed by atoms with E-state index in [1.54, 1.807) is 25.1 Å². The third-order valence-electron chi connectivity index (χ3n) is 4.41. The number of thioether (sulfide) groups is 1. The molecule has 1 amide bonds. The summed E-state index contributed by atoms with van der Waals surface area (Å²) < 4.78 is 5.03. The van der Waals surface area contributed by atoms with Crippen molar-refractivity contribution >= 4 is 40.9 Å². The van der Waals surface area contributed by atoms with Gasteiger partial charge in [0.15, 0.2) is 5.57 Å². The molecule has 1 fully saturated rings. The highest BCUT2D eigenvalue weighted by atomic mass is 35.5. The lowest BCUT2D eigenvalue weighted by Gasteiger charge is -2.18. The number of anilines is 1. The van der Waals surface area contributed by atoms with E-state index in [1.165, 1.54) is 16.7 Å². The van der Waals surface area contributed by atoms with Crippen molar-refractivity contribution in [2.24, 2.45) is 0 Å². The standard InChI is InChI=1S/C22H19ClN2O3S/c1-3-28-22(27)17(13-24)21-25(16-10-8-14(2)9-11-16)20(26)19(29-21)12-15-6-4-5-7-18(15)23/h4-11,19H,3,12H2,1-2H3/b21-17-. The fourth-order valence-electron chi connectivity index (χ4n) is 2.97. The minimum Gasteiger partial charge on any atom is -0.462 e. The van der Waals surface area contributed by atoms with Gasteiger partial charge in [-0.1, -0.05) is 59.3 Å². The van der Waals surface area contributed by atoms with Crippen molar-refractivity contribution in [2.45, 2.75) is 25.5 Å². The smallest absolute Gasteiger partial charge is 0.351 e. The monoisotopic (exact) mass is 426 g/mol. The van der Waals surface area contributed by atoms with Crippen LogP contribution in [-0.4, -0.2) is 23.7 Å². The number of nitrogens with zero attached hydrogens (tertiary/aromatic N) is 2. The molecule has 29 heavy (non-hydrogen) atoms. The van der Waals surface area contributed by atoms with Crippen LogP contribution in [0.15, 0.2) is 59.1 Å². The fourth-order valence-corrected chi connectivity index (χ4v) is 4.47. The summed E-state index contributed by atoms with van der Waals surface area (Å²) in [4.78, 5) is 27.1. The van der Waals surface area contributed by atoms with Gasteiger partial charge in [-0.3, -0.25) is 9.69 Å². The number of carbonyl (C=O) groups excluding carboxylic acids is 2. The van der Waals surface area contributed by atoms with Gasteiger partial charge in [0.2, 0.25) is 5.91 Å². The molecule has 0 aliphatic carbocycles. The van der Waals surface area contributed by atoms with Crippen LogP contribution < -0.4 is 4.90 Å². The molecule has 1 aliphatic rings. The number of esters is 1. The molecule has 1 aliphatic heterocycles. The van der Waals surface area contributed by atoms with Gasteiger partial charge in [-0.15, -0.1) is 0 Å². The van der Waals surface area contributed by atoms with Gasteiger partial charge < -0.3 is 4.74 Å². The number of ether oxygens (including phenoxy) is 1. The van der Waals surface area contributed by atoms with Crippen LogP contribution in [0.5, 0.6) is 0 Å². The van der Waals surface area contributed by atoms with Crippen molar-refractivity contribution in [3.05, 3.63) is 75.3 Å². The van der Waals surface area contributed by atoms with E-state index in [9.17, 15) is 14.9 Å². The first-order valence-corrected chi connectivity index (χ1v) is 10.3. The molecule has 0 radical (unpaired) electrons. The van der Waals surface area contributed by atoms with Gasteiger partial charge in [0.1, 0.15) is 11.1 Å². The Morgan fingerprint density at radius 1 is 1.24 bits per heavy atom. The van der Waals surface area contributed by atoms with Crippen molar-refractivity contribution in [1.29, 1.82) is 5.26 Å². The normalized spacial score (nSPS) is 17.8. The first-order chi connectivity index (χ1) is 14.0. The Bertz CT molecular complexity index is 1010. The predicted molar refractivity (Wildman–Crippen MR) is 114 cm³/mol. The predicted octanol–water partition coefficient (Wildman–Crippen LogP) is 4.64. The molecule has 2 aromatic rings. The van der Waals surface area contributed by atoms with E-state index < -0.39 is 11.2 Å². The van der Waals surface area contributed by atoms with Crippen LogP contribution in [0.2, 0.25) is 5.02 Å². The number of carbonyl (C=O) groups is 2. The van der Waals surface area contributed by atoms with E-state index in [0.29, 0.717) is 17.1 Å². The van der Waals surface area contributed by atoms with Crippen molar-refractivity contribution in [2.75, 3.05) is 11.5 Å². The Hall–Kier alpha value is -2.75. The molecule has 2 aromatic carbocycles. The van der Waals surface area contributed by atoms with Crippen molar-refractivity contribution in [3.8, 4) is 6.07 Å². The number of amides is 1. The molecule has 1 atom stereocenters. The number of benzene rings is 2. The molecule has 7 heteroatoms. The number of rotatable bonds is 5. The van der Waals surface area contributed by atoms with E-state index in [-0.39, 0.29) is 23.1 Å². The molecule has 0 spiro atoms. The van der Waals surface area contributed by atoms with Crippen LogP contribution in [-0.2, 0) is 20.7 Å². The average Bonchev–Trinajstić information content (AvgIpc) is 3.01. The van der Waals surface area contributed by atoms with Crippen LogP contribution in [0, 0.1) is 18.3 Å². The Morgan fingerprint density at radius 2 is 1.93 bits per heavy atom. The van der Waals surface area contributed by atoms with Gasteiger partial charge in [-0.05, 0) is 44.0 Å². The molecule has 1 saturated heterocycles. The second kappa shape index (κ2) is 9.17. The second-order valence-corrected chi connectivity index (χ2v) is 8.02. The van der Waals surface area contributed by atoms with E-state index in [0.717, 1.165) is 11.1 Å². The topological polar surface area (TPSA) is 70.4 Å². The lowest BCUT2D eigenvalue weighted by atomic mass is 10.1. The summed E-state index contributed by atoms with van der Waals surface area (Å²) in [5.41, 5.74) is 2.30. The third-order valence-corrected chi connectivity index (χ3v) is 6.04. The quantitative estimate of drug-likeness (QED) is 0.395. The van der Waals surface area contributed by atoms with Gasteiger partial charge in [-0.25, -0.2) is 4.79 Å². The van der Waals surface area contributed by atoms with Crippen LogP contribution >= 0.6 is 23.4 Å². The highest BCUT2D eigenvalue weighted by Crippen LogP contribution is 2.42. The Balaban J connectivity index is 2.05. The average molecular weight is 427 g/mol. The molecule has 0 bridgehead atoms. The number of halogens is 1. The van der Waals surface area contributed by atoms with Gasteiger partial charge >= 0.3 is 5.97 Å². The third kappa shape index (κ3) is 4.47. The number of hydrogen-bond acceptors (Lipinski definition) is 5. The molecule has 1 unspecified atom stereocenters. The highest BCUT2D eigenvalue weighted by molar-refractivity contribution is 8.05. The minimum atomic E-state index is -0.735. The van der Waals surface area contributed by atoms with Crippen LogP contribution in [0.25, 0.3) is 0 Å². The Morgan fingerprint density at radius 3 is 2.55 bits per heavy atom. The maximum absolute atomic E-state index is 13.3. The summed E-state index contributed by atoms with van der Waals surface area (Å²) in [5, 5.41) is 9.97. The largest absolute Gasteiger partial charge is 0.462 e. The van der Waals surface area contributed by atoms with Gasteiger partial charge in [0.05, 0.1) is 11.9 Å². The highest BCUT2D eigenvalue weighted by Gasteiger charge is 2.41. The van der Waals surface area contributed by atoms with E-state index in [1.807, 2.05) is 43.3 Å². The maximum Gasteiger partial charge on any atom is 0.351 e. The maximum atomic E-state index is 13.3. The minimum absolute atomic E-state index is 0.142. The zero-order valence-corrected chi connectivity index (χ0v) is 17.6. The first-order valence-electron chi connectivity index (χ1n) is 9.08. The molecule has 3 rings (SSSR count). The summed E-state index contributed by atoms with van der Waals surface area (Å²) in [7, 11) is 0. The van der Waals surface area contributed by atoms with Crippen molar-refractivity contribution in [3.63, 3.8) is 0 Å². The molecule has 148 valence electrons. The molecule has 5 nitrogen and oxygen atoms in total.